The predicted octanol–water partition coefficient (Wildman–Crippen LogP) is 2.28. The van der Waals surface area contributed by atoms with Gasteiger partial charge in [-0.15, -0.1) is 0 Å². The number of aliphatic hydroxyl groups is 1. The van der Waals surface area contributed by atoms with Gasteiger partial charge in [0, 0.05) is 12.6 Å². The van der Waals surface area contributed by atoms with Crippen LogP contribution in [-0.2, 0) is 6.18 Å². The van der Waals surface area contributed by atoms with Crippen LogP contribution in [0.2, 0.25) is 0 Å². The van der Waals surface area contributed by atoms with Crippen LogP contribution >= 0.6 is 0 Å². The SMILES string of the molecule is O[C@@H](CNC1CCC1)c1cccc(C(F)(F)F)n1. The summed E-state index contributed by atoms with van der Waals surface area (Å²) in [6.07, 6.45) is -2.20. The average molecular weight is 260 g/mol. The van der Waals surface area contributed by atoms with E-state index in [0.29, 0.717) is 6.04 Å². The zero-order valence-electron chi connectivity index (χ0n) is 9.74. The number of aliphatic hydroxyl groups excluding tert-OH is 1. The second-order valence-corrected chi connectivity index (χ2v) is 4.50. The molecule has 0 aromatic carbocycles. The Labute approximate surface area is 103 Å². The molecule has 0 saturated heterocycles. The number of halogens is 3. The van der Waals surface area contributed by atoms with Crippen LogP contribution in [0.5, 0.6) is 0 Å². The van der Waals surface area contributed by atoms with Gasteiger partial charge in [0.25, 0.3) is 0 Å². The van der Waals surface area contributed by atoms with Gasteiger partial charge in [-0.3, -0.25) is 0 Å². The summed E-state index contributed by atoms with van der Waals surface area (Å²) in [6, 6.07) is 3.95. The van der Waals surface area contributed by atoms with Gasteiger partial charge in [-0.2, -0.15) is 13.2 Å². The van der Waals surface area contributed by atoms with Crippen molar-refractivity contribution in [1.82, 2.24) is 10.3 Å². The molecular weight excluding hydrogens is 245 g/mol. The van der Waals surface area contributed by atoms with Crippen LogP contribution in [0.15, 0.2) is 18.2 Å². The van der Waals surface area contributed by atoms with E-state index in [-0.39, 0.29) is 12.2 Å². The molecule has 2 rings (SSSR count). The summed E-state index contributed by atoms with van der Waals surface area (Å²) in [4.78, 5) is 3.45. The summed E-state index contributed by atoms with van der Waals surface area (Å²) in [5.74, 6) is 0. The zero-order chi connectivity index (χ0) is 13.2. The smallest absolute Gasteiger partial charge is 0.385 e. The summed E-state index contributed by atoms with van der Waals surface area (Å²) in [5, 5.41) is 12.9. The van der Waals surface area contributed by atoms with Crippen LogP contribution in [-0.4, -0.2) is 22.7 Å². The Balaban J connectivity index is 1.98. The molecule has 3 nitrogen and oxygen atoms in total. The number of alkyl halides is 3. The van der Waals surface area contributed by atoms with Gasteiger partial charge in [-0.1, -0.05) is 12.5 Å². The van der Waals surface area contributed by atoms with E-state index in [0.717, 1.165) is 25.3 Å². The average Bonchev–Trinajstić information content (AvgIpc) is 2.26. The van der Waals surface area contributed by atoms with E-state index in [1.165, 1.54) is 12.1 Å². The molecule has 0 radical (unpaired) electrons. The molecule has 1 aliphatic carbocycles. The number of hydrogen-bond acceptors (Lipinski definition) is 3. The van der Waals surface area contributed by atoms with Crippen molar-refractivity contribution >= 4 is 0 Å². The third kappa shape index (κ3) is 3.20. The van der Waals surface area contributed by atoms with Crippen molar-refractivity contribution in [2.45, 2.75) is 37.6 Å². The van der Waals surface area contributed by atoms with Gasteiger partial charge in [0.15, 0.2) is 0 Å². The molecule has 2 N–H and O–H groups in total. The fourth-order valence-electron chi connectivity index (χ4n) is 1.79. The van der Waals surface area contributed by atoms with Crippen LogP contribution in [0.1, 0.15) is 36.8 Å². The highest BCUT2D eigenvalue weighted by atomic mass is 19.4. The summed E-state index contributed by atoms with van der Waals surface area (Å²) < 4.78 is 37.3. The molecule has 0 aliphatic heterocycles. The third-order valence-electron chi connectivity index (χ3n) is 3.11. The Kier molecular flexibility index (Phi) is 3.87. The fraction of sp³-hybridized carbons (Fsp3) is 0.583. The maximum Gasteiger partial charge on any atom is 0.433 e. The zero-order valence-corrected chi connectivity index (χ0v) is 9.74. The van der Waals surface area contributed by atoms with E-state index in [9.17, 15) is 18.3 Å². The first-order valence-corrected chi connectivity index (χ1v) is 5.92. The molecule has 1 saturated carbocycles. The summed E-state index contributed by atoms with van der Waals surface area (Å²) in [7, 11) is 0. The quantitative estimate of drug-likeness (QED) is 0.873. The molecule has 1 fully saturated rings. The minimum absolute atomic E-state index is 0.0525. The Morgan fingerprint density at radius 3 is 2.67 bits per heavy atom. The molecule has 18 heavy (non-hydrogen) atoms. The van der Waals surface area contributed by atoms with E-state index in [1.54, 1.807) is 0 Å². The minimum Gasteiger partial charge on any atom is -0.385 e. The van der Waals surface area contributed by atoms with E-state index in [1.807, 2.05) is 0 Å². The molecule has 6 heteroatoms. The highest BCUT2D eigenvalue weighted by Gasteiger charge is 2.32. The predicted molar refractivity (Wildman–Crippen MR) is 59.8 cm³/mol. The van der Waals surface area contributed by atoms with Crippen molar-refractivity contribution in [3.8, 4) is 0 Å². The lowest BCUT2D eigenvalue weighted by molar-refractivity contribution is -0.141. The molecule has 1 aromatic heterocycles. The van der Waals surface area contributed by atoms with E-state index >= 15 is 0 Å². The molecule has 1 atom stereocenters. The van der Waals surface area contributed by atoms with E-state index in [4.69, 9.17) is 0 Å². The van der Waals surface area contributed by atoms with Crippen LogP contribution in [0.25, 0.3) is 0 Å². The molecule has 1 aromatic rings. The van der Waals surface area contributed by atoms with Gasteiger partial charge in [-0.05, 0) is 25.0 Å². The number of aromatic nitrogens is 1. The summed E-state index contributed by atoms with van der Waals surface area (Å²) >= 11 is 0. The standard InChI is InChI=1S/C12H15F3N2O/c13-12(14,15)11-6-2-5-9(17-11)10(18)7-16-8-3-1-4-8/h2,5-6,8,10,16,18H,1,3-4,7H2/t10-/m0/s1. The van der Waals surface area contributed by atoms with Crippen molar-refractivity contribution in [2.75, 3.05) is 6.54 Å². The van der Waals surface area contributed by atoms with Crippen molar-refractivity contribution in [3.63, 3.8) is 0 Å². The lowest BCUT2D eigenvalue weighted by Gasteiger charge is -2.27. The van der Waals surface area contributed by atoms with Crippen LogP contribution < -0.4 is 5.32 Å². The largest absolute Gasteiger partial charge is 0.433 e. The highest BCUT2D eigenvalue weighted by molar-refractivity contribution is 5.15. The van der Waals surface area contributed by atoms with Gasteiger partial charge < -0.3 is 10.4 Å². The van der Waals surface area contributed by atoms with Gasteiger partial charge in [0.1, 0.15) is 11.8 Å². The lowest BCUT2D eigenvalue weighted by atomic mass is 9.93. The van der Waals surface area contributed by atoms with Crippen molar-refractivity contribution in [2.24, 2.45) is 0 Å². The second-order valence-electron chi connectivity index (χ2n) is 4.50. The molecular formula is C12H15F3N2O. The summed E-state index contributed by atoms with van der Waals surface area (Å²) in [6.45, 7) is 0.235. The second kappa shape index (κ2) is 5.24. The molecule has 0 bridgehead atoms. The molecule has 100 valence electrons. The first-order valence-electron chi connectivity index (χ1n) is 5.92. The van der Waals surface area contributed by atoms with Crippen molar-refractivity contribution < 1.29 is 18.3 Å². The number of nitrogens with zero attached hydrogens (tertiary/aromatic N) is 1. The Bertz CT molecular complexity index is 405. The normalized spacial score (nSPS) is 18.4. The van der Waals surface area contributed by atoms with Crippen molar-refractivity contribution in [3.05, 3.63) is 29.6 Å². The number of hydrogen-bond donors (Lipinski definition) is 2. The van der Waals surface area contributed by atoms with E-state index < -0.39 is 18.0 Å². The molecule has 0 amide bonds. The molecule has 0 spiro atoms. The van der Waals surface area contributed by atoms with E-state index in [2.05, 4.69) is 10.3 Å². The Morgan fingerprint density at radius 1 is 1.39 bits per heavy atom. The van der Waals surface area contributed by atoms with Crippen molar-refractivity contribution in [1.29, 1.82) is 0 Å². The van der Waals surface area contributed by atoms with Gasteiger partial charge in [0.2, 0.25) is 0 Å². The number of pyridine rings is 1. The van der Waals surface area contributed by atoms with Gasteiger partial charge in [0.05, 0.1) is 5.69 Å². The Hall–Kier alpha value is -1.14. The Morgan fingerprint density at radius 2 is 2.11 bits per heavy atom. The minimum atomic E-state index is -4.48. The molecule has 0 unspecified atom stereocenters. The lowest BCUT2D eigenvalue weighted by Crippen LogP contribution is -2.37. The van der Waals surface area contributed by atoms with Crippen LogP contribution in [0, 0.1) is 0 Å². The summed E-state index contributed by atoms with van der Waals surface area (Å²) in [5.41, 5.74) is -0.917. The number of nitrogens with one attached hydrogen (secondary N) is 1. The van der Waals surface area contributed by atoms with Crippen LogP contribution in [0.3, 0.4) is 0 Å². The highest BCUT2D eigenvalue weighted by Crippen LogP contribution is 2.28. The maximum absolute atomic E-state index is 12.4. The van der Waals surface area contributed by atoms with Crippen LogP contribution in [0.4, 0.5) is 13.2 Å². The topological polar surface area (TPSA) is 45.1 Å². The first kappa shape index (κ1) is 13.3. The molecule has 1 aliphatic rings. The van der Waals surface area contributed by atoms with Gasteiger partial charge >= 0.3 is 6.18 Å². The first-order chi connectivity index (χ1) is 8.47. The third-order valence-corrected chi connectivity index (χ3v) is 3.11. The monoisotopic (exact) mass is 260 g/mol. The molecule has 1 heterocycles. The fourth-order valence-corrected chi connectivity index (χ4v) is 1.79. The number of rotatable bonds is 4. The van der Waals surface area contributed by atoms with Gasteiger partial charge in [-0.25, -0.2) is 4.98 Å². The maximum atomic E-state index is 12.4.